The van der Waals surface area contributed by atoms with E-state index in [1.54, 1.807) is 12.4 Å². The number of fused-ring (bicyclic) bond motifs is 1. The molecular formula is C22H26F3N5O4. The van der Waals surface area contributed by atoms with Gasteiger partial charge in [0.15, 0.2) is 0 Å². The quantitative estimate of drug-likeness (QED) is 0.688. The van der Waals surface area contributed by atoms with Gasteiger partial charge in [0.25, 0.3) is 0 Å². The zero-order valence-electron chi connectivity index (χ0n) is 18.4. The first-order valence-electron chi connectivity index (χ1n) is 11.4. The molecule has 3 aliphatic rings. The van der Waals surface area contributed by atoms with Crippen LogP contribution in [0.1, 0.15) is 32.1 Å². The van der Waals surface area contributed by atoms with Crippen LogP contribution in [0.25, 0.3) is 11.0 Å². The van der Waals surface area contributed by atoms with Crippen LogP contribution in [0.5, 0.6) is 5.75 Å². The van der Waals surface area contributed by atoms with E-state index in [9.17, 15) is 18.3 Å². The van der Waals surface area contributed by atoms with Crippen LogP contribution in [0, 0.1) is 0 Å². The summed E-state index contributed by atoms with van der Waals surface area (Å²) in [5.74, 6) is -2.58. The second kappa shape index (κ2) is 9.06. The van der Waals surface area contributed by atoms with Gasteiger partial charge in [-0.15, -0.1) is 0 Å². The molecule has 2 aromatic rings. The van der Waals surface area contributed by atoms with E-state index in [0.29, 0.717) is 50.2 Å². The van der Waals surface area contributed by atoms with Crippen LogP contribution >= 0.6 is 0 Å². The van der Waals surface area contributed by atoms with Crippen LogP contribution in [0.2, 0.25) is 0 Å². The highest BCUT2D eigenvalue weighted by atomic mass is 19.4. The van der Waals surface area contributed by atoms with Gasteiger partial charge in [-0.05, 0) is 31.7 Å². The average molecular weight is 481 g/mol. The second-order valence-corrected chi connectivity index (χ2v) is 8.79. The predicted molar refractivity (Wildman–Crippen MR) is 117 cm³/mol. The molecule has 3 heterocycles. The number of hydrogen-bond donors (Lipinski definition) is 2. The summed E-state index contributed by atoms with van der Waals surface area (Å²) < 4.78 is 50.5. The van der Waals surface area contributed by atoms with Gasteiger partial charge in [-0.3, -0.25) is 4.98 Å². The number of aromatic nitrogens is 2. The molecule has 5 rings (SSSR count). The Morgan fingerprint density at radius 3 is 2.53 bits per heavy atom. The number of oxime groups is 1. The molecule has 0 spiro atoms. The molecule has 0 radical (unpaired) electrons. The average Bonchev–Trinajstić information content (AvgIpc) is 3.22. The molecule has 12 heteroatoms. The van der Waals surface area contributed by atoms with Gasteiger partial charge in [0.05, 0.1) is 31.3 Å². The van der Waals surface area contributed by atoms with E-state index in [4.69, 9.17) is 9.47 Å². The van der Waals surface area contributed by atoms with Crippen molar-refractivity contribution in [3.63, 3.8) is 0 Å². The summed E-state index contributed by atoms with van der Waals surface area (Å²) in [6, 6.07) is 3.93. The van der Waals surface area contributed by atoms with Gasteiger partial charge >= 0.3 is 12.0 Å². The van der Waals surface area contributed by atoms with Gasteiger partial charge in [-0.1, -0.05) is 5.16 Å². The predicted octanol–water partition coefficient (Wildman–Crippen LogP) is 2.73. The number of amidine groups is 1. The molecule has 1 aromatic carbocycles. The third-order valence-corrected chi connectivity index (χ3v) is 6.40. The number of nitrogens with one attached hydrogen (secondary N) is 1. The summed E-state index contributed by atoms with van der Waals surface area (Å²) in [4.78, 5) is 15.4. The maximum absolute atomic E-state index is 12.9. The van der Waals surface area contributed by atoms with Crippen LogP contribution in [-0.4, -0.2) is 71.3 Å². The number of benzene rings is 1. The third-order valence-electron chi connectivity index (χ3n) is 6.40. The molecule has 34 heavy (non-hydrogen) atoms. The van der Waals surface area contributed by atoms with E-state index in [2.05, 4.69) is 30.2 Å². The van der Waals surface area contributed by atoms with Crippen molar-refractivity contribution in [3.8, 4) is 5.75 Å². The summed E-state index contributed by atoms with van der Waals surface area (Å²) in [5, 5.41) is 16.0. The van der Waals surface area contributed by atoms with Crippen molar-refractivity contribution in [2.75, 3.05) is 31.2 Å². The number of ether oxygens (including phenoxy) is 2. The molecular weight excluding hydrogens is 455 g/mol. The zero-order chi connectivity index (χ0) is 23.8. The van der Waals surface area contributed by atoms with Gasteiger partial charge < -0.3 is 29.6 Å². The zero-order valence-corrected chi connectivity index (χ0v) is 18.4. The lowest BCUT2D eigenvalue weighted by molar-refractivity contribution is -0.355. The van der Waals surface area contributed by atoms with Crippen molar-refractivity contribution in [3.05, 3.63) is 24.5 Å². The van der Waals surface area contributed by atoms with Gasteiger partial charge in [0.1, 0.15) is 17.1 Å². The summed E-state index contributed by atoms with van der Waals surface area (Å²) in [7, 11) is 0. The number of alkyl halides is 3. The van der Waals surface area contributed by atoms with Crippen molar-refractivity contribution in [2.24, 2.45) is 5.16 Å². The number of hydrogen-bond acceptors (Lipinski definition) is 9. The molecule has 1 saturated heterocycles. The maximum Gasteiger partial charge on any atom is 0.458 e. The van der Waals surface area contributed by atoms with Crippen LogP contribution in [-0.2, 0) is 9.57 Å². The molecule has 184 valence electrons. The van der Waals surface area contributed by atoms with Gasteiger partial charge in [0, 0.05) is 43.3 Å². The van der Waals surface area contributed by atoms with E-state index < -0.39 is 18.4 Å². The summed E-state index contributed by atoms with van der Waals surface area (Å²) in [6.45, 7) is 2.92. The number of halogens is 3. The Bertz CT molecular complexity index is 1050. The van der Waals surface area contributed by atoms with Gasteiger partial charge in [0.2, 0.25) is 0 Å². The maximum atomic E-state index is 12.9. The highest BCUT2D eigenvalue weighted by Crippen LogP contribution is 2.38. The highest BCUT2D eigenvalue weighted by molar-refractivity contribution is 5.85. The lowest BCUT2D eigenvalue weighted by atomic mass is 9.92. The Balaban J connectivity index is 1.21. The van der Waals surface area contributed by atoms with Crippen molar-refractivity contribution in [1.29, 1.82) is 0 Å². The molecule has 1 aliphatic carbocycles. The summed E-state index contributed by atoms with van der Waals surface area (Å²) >= 11 is 0. The fourth-order valence-corrected chi connectivity index (χ4v) is 4.51. The van der Waals surface area contributed by atoms with E-state index in [-0.39, 0.29) is 18.0 Å². The highest BCUT2D eigenvalue weighted by Gasteiger charge is 2.60. The van der Waals surface area contributed by atoms with Gasteiger partial charge in [-0.2, -0.15) is 13.2 Å². The molecule has 1 aromatic heterocycles. The van der Waals surface area contributed by atoms with Crippen molar-refractivity contribution in [2.45, 2.75) is 56.2 Å². The fourth-order valence-electron chi connectivity index (χ4n) is 4.51. The standard InChI is InChI=1S/C22H26F3N5O4/c23-22(24,25)21(31)13-19(29-34-21)28-14-1-3-16(4-2-14)33-18-12-15(30-7-9-32-10-8-30)11-17-20(18)27-6-5-26-17/h5-6,11-12,14,16,31H,1-4,7-10,13H2,(H,28,29)/t14-,16+,21?. The Kier molecular flexibility index (Phi) is 6.11. The number of nitrogens with zero attached hydrogens (tertiary/aromatic N) is 4. The van der Waals surface area contributed by atoms with Crippen LogP contribution in [0.15, 0.2) is 29.7 Å². The Labute approximate surface area is 193 Å². The van der Waals surface area contributed by atoms with Crippen LogP contribution in [0.4, 0.5) is 18.9 Å². The molecule has 1 unspecified atom stereocenters. The fraction of sp³-hybridized carbons (Fsp3) is 0.591. The number of morpholine rings is 1. The topological polar surface area (TPSA) is 101 Å². The molecule has 2 N–H and O–H groups in total. The SMILES string of the molecule is OC1(C(F)(F)F)CC(N[C@H]2CC[C@@H](Oc3cc(N4CCOCC4)cc4nccnc34)CC2)=NO1. The largest absolute Gasteiger partial charge is 0.488 e. The van der Waals surface area contributed by atoms with Crippen molar-refractivity contribution < 1.29 is 32.6 Å². The van der Waals surface area contributed by atoms with E-state index >= 15 is 0 Å². The van der Waals surface area contributed by atoms with E-state index in [1.807, 2.05) is 12.1 Å². The lowest BCUT2D eigenvalue weighted by Gasteiger charge is -2.31. The lowest BCUT2D eigenvalue weighted by Crippen LogP contribution is -2.47. The van der Waals surface area contributed by atoms with Crippen LogP contribution in [0.3, 0.4) is 0 Å². The molecule has 9 nitrogen and oxygen atoms in total. The van der Waals surface area contributed by atoms with Crippen molar-refractivity contribution in [1.82, 2.24) is 15.3 Å². The first-order valence-corrected chi connectivity index (χ1v) is 11.4. The molecule has 1 saturated carbocycles. The molecule has 2 aliphatic heterocycles. The van der Waals surface area contributed by atoms with Crippen molar-refractivity contribution >= 4 is 22.6 Å². The first-order chi connectivity index (χ1) is 16.3. The smallest absolute Gasteiger partial charge is 0.458 e. The van der Waals surface area contributed by atoms with E-state index in [0.717, 1.165) is 24.3 Å². The Hall–Kier alpha value is -2.86. The molecule has 1 atom stereocenters. The normalized spacial score (nSPS) is 27.9. The summed E-state index contributed by atoms with van der Waals surface area (Å²) in [6.07, 6.45) is 0.355. The molecule has 0 bridgehead atoms. The third kappa shape index (κ3) is 4.69. The number of rotatable bonds is 4. The molecule has 0 amide bonds. The minimum absolute atomic E-state index is 0.00340. The van der Waals surface area contributed by atoms with Gasteiger partial charge in [-0.25, -0.2) is 4.98 Å². The first kappa shape index (κ1) is 22.9. The Morgan fingerprint density at radius 1 is 1.09 bits per heavy atom. The minimum Gasteiger partial charge on any atom is -0.488 e. The minimum atomic E-state index is -4.91. The monoisotopic (exact) mass is 481 g/mol. The second-order valence-electron chi connectivity index (χ2n) is 8.79. The Morgan fingerprint density at radius 2 is 1.82 bits per heavy atom. The summed E-state index contributed by atoms with van der Waals surface area (Å²) in [5.41, 5.74) is 2.47. The molecule has 2 fully saturated rings. The number of anilines is 1. The van der Waals surface area contributed by atoms with Crippen LogP contribution < -0.4 is 15.0 Å². The van der Waals surface area contributed by atoms with E-state index in [1.165, 1.54) is 0 Å². The number of aliphatic hydroxyl groups is 1.